The maximum atomic E-state index is 11.5. The number of carbonyl (C=O) groups is 1. The highest BCUT2D eigenvalue weighted by Crippen LogP contribution is 2.31. The number of hydrogen-bond acceptors (Lipinski definition) is 6. The summed E-state index contributed by atoms with van der Waals surface area (Å²) in [5.41, 5.74) is 0.395. The quantitative estimate of drug-likeness (QED) is 0.489. The maximum Gasteiger partial charge on any atom is 0.377 e. The summed E-state index contributed by atoms with van der Waals surface area (Å²) in [7, 11) is 0. The molecule has 0 aliphatic carbocycles. The first-order chi connectivity index (χ1) is 9.52. The second-order valence-electron chi connectivity index (χ2n) is 3.72. The molecule has 0 bridgehead atoms. The Bertz CT molecular complexity index is 668. The van der Waals surface area contributed by atoms with Crippen LogP contribution in [0.15, 0.2) is 28.8 Å². The fourth-order valence-corrected chi connectivity index (χ4v) is 1.74. The van der Waals surface area contributed by atoms with Gasteiger partial charge in [-0.1, -0.05) is 16.8 Å². The third-order valence-electron chi connectivity index (χ3n) is 2.42. The van der Waals surface area contributed by atoms with Crippen LogP contribution in [0, 0.1) is 10.1 Å². The Kier molecular flexibility index (Phi) is 3.99. The summed E-state index contributed by atoms with van der Waals surface area (Å²) in [6.45, 7) is 1.86. The first kappa shape index (κ1) is 14.0. The van der Waals surface area contributed by atoms with E-state index in [-0.39, 0.29) is 28.8 Å². The Balaban J connectivity index is 2.39. The second kappa shape index (κ2) is 5.70. The van der Waals surface area contributed by atoms with Crippen LogP contribution in [0.1, 0.15) is 17.5 Å². The molecule has 0 unspecified atom stereocenters. The third kappa shape index (κ3) is 2.77. The van der Waals surface area contributed by atoms with Gasteiger partial charge >= 0.3 is 5.97 Å². The Morgan fingerprint density at radius 3 is 2.90 bits per heavy atom. The minimum absolute atomic E-state index is 0.0931. The lowest BCUT2D eigenvalue weighted by Crippen LogP contribution is -2.02. The van der Waals surface area contributed by atoms with Crippen molar-refractivity contribution in [1.29, 1.82) is 0 Å². The number of rotatable bonds is 4. The number of nitrogens with zero attached hydrogens (tertiary/aromatic N) is 2. The number of hydrogen-bond donors (Lipinski definition) is 0. The van der Waals surface area contributed by atoms with Gasteiger partial charge in [0.05, 0.1) is 16.6 Å². The number of carbonyl (C=O) groups excluding carboxylic acids is 1. The molecule has 2 aromatic rings. The molecule has 0 atom stereocenters. The molecule has 0 saturated heterocycles. The summed E-state index contributed by atoms with van der Waals surface area (Å²) < 4.78 is 9.59. The van der Waals surface area contributed by atoms with Crippen LogP contribution >= 0.6 is 11.6 Å². The highest BCUT2D eigenvalue weighted by Gasteiger charge is 2.18. The SMILES string of the molecule is CCOC(=O)c1cc(-c2cc([N+](=O)[O-])ccc2Cl)no1. The van der Waals surface area contributed by atoms with E-state index < -0.39 is 10.9 Å². The van der Waals surface area contributed by atoms with Gasteiger partial charge in [0.15, 0.2) is 0 Å². The third-order valence-corrected chi connectivity index (χ3v) is 2.75. The number of nitro benzene ring substituents is 1. The molecular weight excluding hydrogens is 288 g/mol. The summed E-state index contributed by atoms with van der Waals surface area (Å²) >= 11 is 5.96. The van der Waals surface area contributed by atoms with Crippen molar-refractivity contribution in [3.63, 3.8) is 0 Å². The van der Waals surface area contributed by atoms with Crippen molar-refractivity contribution in [1.82, 2.24) is 5.16 Å². The molecule has 2 rings (SSSR count). The van der Waals surface area contributed by atoms with Gasteiger partial charge in [-0.25, -0.2) is 4.79 Å². The van der Waals surface area contributed by atoms with Crippen molar-refractivity contribution in [2.45, 2.75) is 6.92 Å². The average Bonchev–Trinajstić information content (AvgIpc) is 2.88. The molecular formula is C12H9ClN2O5. The van der Waals surface area contributed by atoms with E-state index in [1.807, 2.05) is 0 Å². The fraction of sp³-hybridized carbons (Fsp3) is 0.167. The largest absolute Gasteiger partial charge is 0.460 e. The van der Waals surface area contributed by atoms with Crippen LogP contribution in [-0.4, -0.2) is 22.7 Å². The van der Waals surface area contributed by atoms with E-state index in [9.17, 15) is 14.9 Å². The van der Waals surface area contributed by atoms with Crippen molar-refractivity contribution < 1.29 is 19.0 Å². The van der Waals surface area contributed by atoms with Crippen LogP contribution in [0.5, 0.6) is 0 Å². The maximum absolute atomic E-state index is 11.5. The van der Waals surface area contributed by atoms with Gasteiger partial charge in [-0.3, -0.25) is 10.1 Å². The summed E-state index contributed by atoms with van der Waals surface area (Å²) in [6.07, 6.45) is 0. The van der Waals surface area contributed by atoms with Crippen LogP contribution in [0.3, 0.4) is 0 Å². The molecule has 0 amide bonds. The van der Waals surface area contributed by atoms with E-state index >= 15 is 0 Å². The zero-order chi connectivity index (χ0) is 14.7. The number of ether oxygens (including phenoxy) is 1. The van der Waals surface area contributed by atoms with Crippen molar-refractivity contribution in [2.24, 2.45) is 0 Å². The van der Waals surface area contributed by atoms with Gasteiger partial charge in [-0.05, 0) is 13.0 Å². The molecule has 0 fully saturated rings. The number of benzene rings is 1. The molecule has 1 aromatic heterocycles. The van der Waals surface area contributed by atoms with Crippen molar-refractivity contribution in [3.8, 4) is 11.3 Å². The lowest BCUT2D eigenvalue weighted by molar-refractivity contribution is -0.384. The van der Waals surface area contributed by atoms with Crippen LogP contribution in [0.2, 0.25) is 5.02 Å². The summed E-state index contributed by atoms with van der Waals surface area (Å²) in [4.78, 5) is 21.6. The van der Waals surface area contributed by atoms with Crippen molar-refractivity contribution in [2.75, 3.05) is 6.61 Å². The average molecular weight is 297 g/mol. The molecule has 0 saturated carbocycles. The Labute approximate surface area is 118 Å². The number of nitro groups is 1. The van der Waals surface area contributed by atoms with Crippen LogP contribution in [-0.2, 0) is 4.74 Å². The molecule has 7 nitrogen and oxygen atoms in total. The molecule has 1 heterocycles. The fourth-order valence-electron chi connectivity index (χ4n) is 1.52. The van der Waals surface area contributed by atoms with E-state index in [0.29, 0.717) is 5.56 Å². The molecule has 8 heteroatoms. The van der Waals surface area contributed by atoms with Gasteiger partial charge < -0.3 is 9.26 Å². The molecule has 0 aliphatic heterocycles. The lowest BCUT2D eigenvalue weighted by atomic mass is 10.1. The Morgan fingerprint density at radius 2 is 2.25 bits per heavy atom. The van der Waals surface area contributed by atoms with Gasteiger partial charge in [0.1, 0.15) is 5.69 Å². The number of halogens is 1. The zero-order valence-corrected chi connectivity index (χ0v) is 11.1. The minimum atomic E-state index is -0.659. The van der Waals surface area contributed by atoms with Crippen LogP contribution < -0.4 is 0 Å². The Morgan fingerprint density at radius 1 is 1.50 bits per heavy atom. The van der Waals surface area contributed by atoms with E-state index in [1.54, 1.807) is 6.92 Å². The number of non-ortho nitro benzene ring substituents is 1. The van der Waals surface area contributed by atoms with E-state index in [2.05, 4.69) is 5.16 Å². The first-order valence-electron chi connectivity index (χ1n) is 5.61. The van der Waals surface area contributed by atoms with E-state index in [0.717, 1.165) is 0 Å². The zero-order valence-electron chi connectivity index (χ0n) is 10.3. The van der Waals surface area contributed by atoms with Gasteiger partial charge in [0.25, 0.3) is 5.69 Å². The smallest absolute Gasteiger partial charge is 0.377 e. The standard InChI is InChI=1S/C12H9ClN2O5/c1-2-19-12(16)11-6-10(14-20-11)8-5-7(15(17)18)3-4-9(8)13/h3-6H,2H2,1H3. The normalized spacial score (nSPS) is 10.3. The first-order valence-corrected chi connectivity index (χ1v) is 5.99. The lowest BCUT2D eigenvalue weighted by Gasteiger charge is -1.99. The van der Waals surface area contributed by atoms with Gasteiger partial charge in [0, 0.05) is 23.8 Å². The molecule has 20 heavy (non-hydrogen) atoms. The number of aromatic nitrogens is 1. The molecule has 0 radical (unpaired) electrons. The summed E-state index contributed by atoms with van der Waals surface area (Å²) in [6, 6.07) is 5.24. The minimum Gasteiger partial charge on any atom is -0.460 e. The molecule has 0 N–H and O–H groups in total. The summed E-state index contributed by atoms with van der Waals surface area (Å²) in [5, 5.41) is 14.7. The number of esters is 1. The molecule has 1 aromatic carbocycles. The topological polar surface area (TPSA) is 95.5 Å². The second-order valence-corrected chi connectivity index (χ2v) is 4.13. The van der Waals surface area contributed by atoms with Gasteiger partial charge in [0.2, 0.25) is 5.76 Å². The highest BCUT2D eigenvalue weighted by atomic mass is 35.5. The molecule has 104 valence electrons. The van der Waals surface area contributed by atoms with Crippen molar-refractivity contribution >= 4 is 23.3 Å². The predicted octanol–water partition coefficient (Wildman–Crippen LogP) is 3.08. The molecule has 0 aliphatic rings. The van der Waals surface area contributed by atoms with E-state index in [1.165, 1.54) is 24.3 Å². The highest BCUT2D eigenvalue weighted by molar-refractivity contribution is 6.33. The van der Waals surface area contributed by atoms with Gasteiger partial charge in [-0.15, -0.1) is 0 Å². The molecule has 0 spiro atoms. The Hall–Kier alpha value is -2.41. The van der Waals surface area contributed by atoms with Gasteiger partial charge in [-0.2, -0.15) is 0 Å². The predicted molar refractivity (Wildman–Crippen MR) is 69.6 cm³/mol. The van der Waals surface area contributed by atoms with Crippen LogP contribution in [0.4, 0.5) is 5.69 Å². The van der Waals surface area contributed by atoms with Crippen LogP contribution in [0.25, 0.3) is 11.3 Å². The monoisotopic (exact) mass is 296 g/mol. The summed E-state index contributed by atoms with van der Waals surface area (Å²) in [5.74, 6) is -0.753. The van der Waals surface area contributed by atoms with E-state index in [4.69, 9.17) is 20.9 Å². The van der Waals surface area contributed by atoms with Crippen molar-refractivity contribution in [3.05, 3.63) is 45.2 Å².